The number of anilines is 1. The minimum Gasteiger partial charge on any atom is -0.422 e. The molecule has 0 aliphatic carbocycles. The Labute approximate surface area is 193 Å². The number of fused-ring (bicyclic) bond motifs is 2. The Bertz CT molecular complexity index is 1570. The quantitative estimate of drug-likeness (QED) is 0.383. The Hall–Kier alpha value is -4.60. The highest BCUT2D eigenvalue weighted by atomic mass is 16.4. The number of hydrogen-bond acceptors (Lipinski definition) is 8. The summed E-state index contributed by atoms with van der Waals surface area (Å²) in [5, 5.41) is 9.31. The van der Waals surface area contributed by atoms with Crippen molar-refractivity contribution in [2.45, 2.75) is 0 Å². The SMILES string of the molecule is O=C(c1cc2ccccc2oc1=O)N1CCN(c2ncnc3c2nnn3-c2ccccc2)CC1. The largest absolute Gasteiger partial charge is 0.422 e. The summed E-state index contributed by atoms with van der Waals surface area (Å²) in [5.41, 5.74) is 1.96. The Morgan fingerprint density at radius 3 is 2.50 bits per heavy atom. The van der Waals surface area contributed by atoms with Gasteiger partial charge < -0.3 is 14.2 Å². The van der Waals surface area contributed by atoms with E-state index < -0.39 is 5.63 Å². The van der Waals surface area contributed by atoms with Crippen LogP contribution in [0.3, 0.4) is 0 Å². The van der Waals surface area contributed by atoms with Gasteiger partial charge in [-0.05, 0) is 24.3 Å². The third-order valence-corrected chi connectivity index (χ3v) is 5.96. The first-order valence-corrected chi connectivity index (χ1v) is 10.9. The zero-order chi connectivity index (χ0) is 23.1. The van der Waals surface area contributed by atoms with E-state index in [1.165, 1.54) is 6.33 Å². The Morgan fingerprint density at radius 2 is 1.68 bits per heavy atom. The van der Waals surface area contributed by atoms with Crippen LogP contribution in [0.4, 0.5) is 5.82 Å². The monoisotopic (exact) mass is 453 g/mol. The molecule has 4 heterocycles. The molecule has 10 heteroatoms. The number of amides is 1. The maximum atomic E-state index is 13.1. The van der Waals surface area contributed by atoms with E-state index in [0.717, 1.165) is 5.69 Å². The number of carbonyl (C=O) groups excluding carboxylic acids is 1. The molecule has 168 valence electrons. The smallest absolute Gasteiger partial charge is 0.349 e. The third-order valence-electron chi connectivity index (χ3n) is 5.96. The van der Waals surface area contributed by atoms with Gasteiger partial charge in [-0.2, -0.15) is 4.68 Å². The molecule has 6 rings (SSSR count). The molecule has 2 aromatic carbocycles. The van der Waals surface area contributed by atoms with E-state index in [-0.39, 0.29) is 11.5 Å². The molecule has 0 saturated carbocycles. The van der Waals surface area contributed by atoms with E-state index in [1.807, 2.05) is 42.5 Å². The van der Waals surface area contributed by atoms with Crippen LogP contribution in [-0.4, -0.2) is 61.9 Å². The summed E-state index contributed by atoms with van der Waals surface area (Å²) in [6.07, 6.45) is 1.50. The van der Waals surface area contributed by atoms with Crippen molar-refractivity contribution in [3.63, 3.8) is 0 Å². The van der Waals surface area contributed by atoms with Gasteiger partial charge in [0.05, 0.1) is 5.69 Å². The van der Waals surface area contributed by atoms with Crippen LogP contribution in [0.15, 0.2) is 76.2 Å². The lowest BCUT2D eigenvalue weighted by Gasteiger charge is -2.35. The molecule has 1 aliphatic heterocycles. The van der Waals surface area contributed by atoms with Gasteiger partial charge in [-0.3, -0.25) is 4.79 Å². The first-order chi connectivity index (χ1) is 16.7. The van der Waals surface area contributed by atoms with Crippen LogP contribution in [0.5, 0.6) is 0 Å². The molecule has 0 atom stereocenters. The summed E-state index contributed by atoms with van der Waals surface area (Å²) < 4.78 is 7.01. The Morgan fingerprint density at radius 1 is 0.912 bits per heavy atom. The van der Waals surface area contributed by atoms with Crippen LogP contribution in [0.1, 0.15) is 10.4 Å². The summed E-state index contributed by atoms with van der Waals surface area (Å²) in [6, 6.07) is 18.4. The van der Waals surface area contributed by atoms with Crippen LogP contribution in [-0.2, 0) is 0 Å². The van der Waals surface area contributed by atoms with Gasteiger partial charge in [0, 0.05) is 31.6 Å². The van der Waals surface area contributed by atoms with Gasteiger partial charge in [0.25, 0.3) is 5.91 Å². The molecular formula is C24H19N7O3. The van der Waals surface area contributed by atoms with Gasteiger partial charge >= 0.3 is 5.63 Å². The van der Waals surface area contributed by atoms with Crippen molar-refractivity contribution in [3.05, 3.63) is 83.0 Å². The van der Waals surface area contributed by atoms with Crippen molar-refractivity contribution in [3.8, 4) is 5.69 Å². The average Bonchev–Trinajstić information content (AvgIpc) is 3.33. The number of hydrogen-bond donors (Lipinski definition) is 0. The number of para-hydroxylation sites is 2. The molecule has 10 nitrogen and oxygen atoms in total. The number of rotatable bonds is 3. The molecule has 34 heavy (non-hydrogen) atoms. The second kappa shape index (κ2) is 8.07. The van der Waals surface area contributed by atoms with E-state index in [9.17, 15) is 9.59 Å². The molecule has 0 N–H and O–H groups in total. The van der Waals surface area contributed by atoms with Crippen LogP contribution in [0, 0.1) is 0 Å². The molecule has 1 saturated heterocycles. The molecule has 0 radical (unpaired) electrons. The standard InChI is InChI=1S/C24H19N7O3/c32-23(18-14-16-6-4-5-9-19(16)34-24(18)33)30-12-10-29(11-13-30)21-20-22(26-15-25-21)31(28-27-20)17-7-2-1-3-8-17/h1-9,14-15H,10-13H2. The number of carbonyl (C=O) groups is 1. The fourth-order valence-corrected chi connectivity index (χ4v) is 4.21. The van der Waals surface area contributed by atoms with Gasteiger partial charge in [0.1, 0.15) is 17.5 Å². The van der Waals surface area contributed by atoms with E-state index >= 15 is 0 Å². The van der Waals surface area contributed by atoms with E-state index in [2.05, 4.69) is 25.2 Å². The summed E-state index contributed by atoms with van der Waals surface area (Å²) in [7, 11) is 0. The molecular weight excluding hydrogens is 434 g/mol. The molecule has 0 unspecified atom stereocenters. The van der Waals surface area contributed by atoms with Crippen molar-refractivity contribution < 1.29 is 9.21 Å². The van der Waals surface area contributed by atoms with Crippen LogP contribution in [0.25, 0.3) is 27.8 Å². The van der Waals surface area contributed by atoms with Crippen molar-refractivity contribution in [1.82, 2.24) is 29.9 Å². The summed E-state index contributed by atoms with van der Waals surface area (Å²) >= 11 is 0. The summed E-state index contributed by atoms with van der Waals surface area (Å²) in [5.74, 6) is 0.339. The molecule has 0 spiro atoms. The van der Waals surface area contributed by atoms with Crippen molar-refractivity contribution in [2.24, 2.45) is 0 Å². The van der Waals surface area contributed by atoms with Crippen molar-refractivity contribution >= 4 is 33.9 Å². The highest BCUT2D eigenvalue weighted by Crippen LogP contribution is 2.24. The molecule has 3 aromatic heterocycles. The zero-order valence-corrected chi connectivity index (χ0v) is 18.0. The van der Waals surface area contributed by atoms with Crippen molar-refractivity contribution in [2.75, 3.05) is 31.1 Å². The predicted octanol–water partition coefficient (Wildman–Crippen LogP) is 2.28. The lowest BCUT2D eigenvalue weighted by molar-refractivity contribution is 0.0742. The van der Waals surface area contributed by atoms with Gasteiger partial charge in [0.2, 0.25) is 0 Å². The highest BCUT2D eigenvalue weighted by Gasteiger charge is 2.27. The number of nitrogens with zero attached hydrogens (tertiary/aromatic N) is 7. The Balaban J connectivity index is 1.24. The minimum atomic E-state index is -0.624. The molecule has 5 aromatic rings. The highest BCUT2D eigenvalue weighted by molar-refractivity contribution is 5.96. The minimum absolute atomic E-state index is 0.0439. The van der Waals surface area contributed by atoms with Gasteiger partial charge in [-0.1, -0.05) is 41.6 Å². The van der Waals surface area contributed by atoms with Crippen LogP contribution >= 0.6 is 0 Å². The summed E-state index contributed by atoms with van der Waals surface area (Å²) in [4.78, 5) is 38.0. The second-order valence-electron chi connectivity index (χ2n) is 7.97. The first kappa shape index (κ1) is 20.0. The topological polar surface area (TPSA) is 110 Å². The molecule has 1 amide bonds. The molecule has 0 bridgehead atoms. The fraction of sp³-hybridized carbons (Fsp3) is 0.167. The normalized spacial score (nSPS) is 14.1. The first-order valence-electron chi connectivity index (χ1n) is 10.9. The van der Waals surface area contributed by atoms with Gasteiger partial charge in [-0.25, -0.2) is 14.8 Å². The van der Waals surface area contributed by atoms with Gasteiger partial charge in [-0.15, -0.1) is 5.10 Å². The zero-order valence-electron chi connectivity index (χ0n) is 18.0. The molecule has 1 aliphatic rings. The van der Waals surface area contributed by atoms with E-state index in [4.69, 9.17) is 4.42 Å². The fourth-order valence-electron chi connectivity index (χ4n) is 4.21. The maximum Gasteiger partial charge on any atom is 0.349 e. The maximum absolute atomic E-state index is 13.1. The number of piperazine rings is 1. The van der Waals surface area contributed by atoms with Crippen LogP contribution in [0.2, 0.25) is 0 Å². The van der Waals surface area contributed by atoms with Crippen molar-refractivity contribution in [1.29, 1.82) is 0 Å². The lowest BCUT2D eigenvalue weighted by Crippen LogP contribution is -2.49. The second-order valence-corrected chi connectivity index (χ2v) is 7.97. The average molecular weight is 453 g/mol. The predicted molar refractivity (Wildman–Crippen MR) is 125 cm³/mol. The third kappa shape index (κ3) is 3.36. The summed E-state index contributed by atoms with van der Waals surface area (Å²) in [6.45, 7) is 1.94. The van der Waals surface area contributed by atoms with Gasteiger partial charge in [0.15, 0.2) is 17.0 Å². The molecule has 1 fully saturated rings. The number of benzene rings is 2. The Kier molecular flexibility index (Phi) is 4.76. The van der Waals surface area contributed by atoms with E-state index in [0.29, 0.717) is 54.1 Å². The van der Waals surface area contributed by atoms with E-state index in [1.54, 1.807) is 27.8 Å². The lowest BCUT2D eigenvalue weighted by atomic mass is 10.1. The van der Waals surface area contributed by atoms with Crippen LogP contribution < -0.4 is 10.5 Å². The number of aromatic nitrogens is 5.